The highest BCUT2D eigenvalue weighted by atomic mass is 32.2. The zero-order valence-corrected chi connectivity index (χ0v) is 26.2. The maximum atomic E-state index is 15.9. The summed E-state index contributed by atoms with van der Waals surface area (Å²) in [6, 6.07) is 10.5. The fraction of sp³-hybridized carbons (Fsp3) is 0.290. The Kier molecular flexibility index (Phi) is 12.6. The molecule has 2 N–H and O–H groups in total. The first-order chi connectivity index (χ1) is 20.7. The van der Waals surface area contributed by atoms with Crippen LogP contribution >= 0.6 is 23.5 Å². The second kappa shape index (κ2) is 16.1. The van der Waals surface area contributed by atoms with Gasteiger partial charge in [0.1, 0.15) is 28.9 Å². The fourth-order valence-electron chi connectivity index (χ4n) is 4.45. The molecule has 0 radical (unpaired) electrons. The lowest BCUT2D eigenvalue weighted by Crippen LogP contribution is -2.41. The number of hydrogen-bond acceptors (Lipinski definition) is 7. The Labute approximate surface area is 259 Å². The molecular formula is C31H35F2N5O3S2. The number of phenolic OH excluding ortho intramolecular Hbond substituents is 1. The molecule has 1 aromatic heterocycles. The number of nitrogens with zero attached hydrogens (tertiary/aromatic N) is 4. The Bertz CT molecular complexity index is 1480. The number of carbonyl (C=O) groups is 2. The summed E-state index contributed by atoms with van der Waals surface area (Å²) >= 11 is 2.99. The molecule has 0 atom stereocenters. The van der Waals surface area contributed by atoms with Gasteiger partial charge in [-0.3, -0.25) is 9.59 Å². The molecule has 2 amide bonds. The van der Waals surface area contributed by atoms with Gasteiger partial charge in [0, 0.05) is 24.5 Å². The van der Waals surface area contributed by atoms with Crippen molar-refractivity contribution in [1.82, 2.24) is 14.8 Å². The van der Waals surface area contributed by atoms with Crippen LogP contribution in [-0.4, -0.2) is 76.1 Å². The Morgan fingerprint density at radius 3 is 2.47 bits per heavy atom. The molecule has 1 heterocycles. The number of aryl methyl sites for hydroxylation is 1. The van der Waals surface area contributed by atoms with Crippen molar-refractivity contribution in [2.24, 2.45) is 4.99 Å². The lowest BCUT2D eigenvalue weighted by atomic mass is 10.1. The highest BCUT2D eigenvalue weighted by molar-refractivity contribution is 7.98. The van der Waals surface area contributed by atoms with Crippen molar-refractivity contribution in [3.63, 3.8) is 0 Å². The molecule has 0 unspecified atom stereocenters. The van der Waals surface area contributed by atoms with Gasteiger partial charge in [-0.25, -0.2) is 18.8 Å². The minimum absolute atomic E-state index is 0.0780. The van der Waals surface area contributed by atoms with Gasteiger partial charge < -0.3 is 20.2 Å². The number of hydrogen-bond donors (Lipinski definition) is 2. The van der Waals surface area contributed by atoms with Crippen molar-refractivity contribution in [2.75, 3.05) is 43.3 Å². The zero-order chi connectivity index (χ0) is 31.5. The predicted octanol–water partition coefficient (Wildman–Crippen LogP) is 6.46. The summed E-state index contributed by atoms with van der Waals surface area (Å²) in [5.41, 5.74) is 0.768. The van der Waals surface area contributed by atoms with E-state index >= 15 is 4.39 Å². The van der Waals surface area contributed by atoms with Gasteiger partial charge in [0.2, 0.25) is 12.3 Å². The Hall–Kier alpha value is -3.90. The van der Waals surface area contributed by atoms with E-state index in [2.05, 4.69) is 16.9 Å². The average molecular weight is 628 g/mol. The molecule has 0 spiro atoms. The van der Waals surface area contributed by atoms with Crippen molar-refractivity contribution < 1.29 is 23.5 Å². The molecule has 0 saturated heterocycles. The van der Waals surface area contributed by atoms with E-state index < -0.39 is 28.6 Å². The molecule has 0 aliphatic heterocycles. The topological polar surface area (TPSA) is 98.1 Å². The number of carbonyl (C=O) groups excluding carboxylic acids is 2. The Morgan fingerprint density at radius 1 is 1.12 bits per heavy atom. The van der Waals surface area contributed by atoms with E-state index in [1.165, 1.54) is 41.7 Å². The molecule has 3 aromatic rings. The smallest absolute Gasteiger partial charge is 0.246 e. The average Bonchev–Trinajstić information content (AvgIpc) is 2.99. The first kappa shape index (κ1) is 33.6. The van der Waals surface area contributed by atoms with Crippen LogP contribution in [0.3, 0.4) is 0 Å². The Morgan fingerprint density at radius 2 is 1.84 bits per heavy atom. The Balaban J connectivity index is 2.30. The summed E-state index contributed by atoms with van der Waals surface area (Å²) in [5, 5.41) is 12.8. The van der Waals surface area contributed by atoms with Crippen LogP contribution in [0.2, 0.25) is 0 Å². The zero-order valence-electron chi connectivity index (χ0n) is 24.6. The predicted molar refractivity (Wildman–Crippen MR) is 172 cm³/mol. The molecule has 0 fully saturated rings. The number of rotatable bonds is 14. The van der Waals surface area contributed by atoms with Gasteiger partial charge in [0.25, 0.3) is 0 Å². The maximum Gasteiger partial charge on any atom is 0.246 e. The molecule has 0 saturated carbocycles. The highest BCUT2D eigenvalue weighted by Crippen LogP contribution is 2.36. The van der Waals surface area contributed by atoms with Crippen LogP contribution in [0.15, 0.2) is 65.0 Å². The standard InChI is InChI=1S/C31H35F2N5O3S2/c1-6-14-37(26(41)7-2)15-16-38(19-42-4)31(36-28-20(3)10-8-13-25(28)43-5)21-17-23(33)29(35-30(21)34-18-39)27-22(32)11-9-12-24(27)40/h7-13,17-18,40H,2,6,14-16,19H2,1,3-5H3,(H,34,35,39)/b36-31+. The largest absolute Gasteiger partial charge is 0.507 e. The third kappa shape index (κ3) is 8.14. The number of aromatic hydroxyl groups is 1. The quantitative estimate of drug-likeness (QED) is 0.0529. The van der Waals surface area contributed by atoms with E-state index in [0.29, 0.717) is 43.4 Å². The summed E-state index contributed by atoms with van der Waals surface area (Å²) in [6.07, 6.45) is 6.23. The number of para-hydroxylation sites is 1. The highest BCUT2D eigenvalue weighted by Gasteiger charge is 2.25. The minimum atomic E-state index is -0.923. The monoisotopic (exact) mass is 627 g/mol. The number of thioether (sulfide) groups is 2. The number of aromatic nitrogens is 1. The molecule has 3 rings (SSSR count). The third-order valence-electron chi connectivity index (χ3n) is 6.48. The van der Waals surface area contributed by atoms with E-state index in [4.69, 9.17) is 4.99 Å². The molecule has 2 aromatic carbocycles. The van der Waals surface area contributed by atoms with Crippen molar-refractivity contribution in [3.05, 3.63) is 77.9 Å². The number of halogens is 2. The van der Waals surface area contributed by atoms with Crippen molar-refractivity contribution in [1.29, 1.82) is 0 Å². The maximum absolute atomic E-state index is 15.9. The number of benzene rings is 2. The van der Waals surface area contributed by atoms with Crippen LogP contribution in [0.5, 0.6) is 5.75 Å². The van der Waals surface area contributed by atoms with Gasteiger partial charge in [0.15, 0.2) is 5.82 Å². The first-order valence-corrected chi connectivity index (χ1v) is 16.1. The van der Waals surface area contributed by atoms with E-state index in [9.17, 15) is 19.1 Å². The molecule has 43 heavy (non-hydrogen) atoms. The number of pyridine rings is 1. The normalized spacial score (nSPS) is 11.3. The molecular weight excluding hydrogens is 593 g/mol. The molecule has 0 aliphatic carbocycles. The van der Waals surface area contributed by atoms with Crippen molar-refractivity contribution in [3.8, 4) is 17.0 Å². The number of amides is 2. The van der Waals surface area contributed by atoms with Crippen LogP contribution in [0.25, 0.3) is 11.3 Å². The number of phenols is 1. The summed E-state index contributed by atoms with van der Waals surface area (Å²) in [7, 11) is 0. The van der Waals surface area contributed by atoms with Gasteiger partial charge in [-0.2, -0.15) is 0 Å². The van der Waals surface area contributed by atoms with Crippen LogP contribution in [0, 0.1) is 18.6 Å². The minimum Gasteiger partial charge on any atom is -0.507 e. The lowest BCUT2D eigenvalue weighted by molar-refractivity contribution is -0.126. The molecule has 0 aliphatic rings. The fourth-order valence-corrected chi connectivity index (χ4v) is 5.63. The second-order valence-corrected chi connectivity index (χ2v) is 11.1. The molecule has 0 bridgehead atoms. The van der Waals surface area contributed by atoms with Gasteiger partial charge in [0.05, 0.1) is 22.7 Å². The SMILES string of the molecule is C=CC(=O)N(CCC)CCN(CSC)/C(=N/c1c(C)cccc1SC)c1cc(F)c(-c2c(O)cccc2F)nc1NC=O. The second-order valence-electron chi connectivity index (χ2n) is 9.38. The first-order valence-electron chi connectivity index (χ1n) is 13.5. The van der Waals surface area contributed by atoms with Gasteiger partial charge in [-0.05, 0) is 61.8 Å². The van der Waals surface area contributed by atoms with Gasteiger partial charge in [-0.15, -0.1) is 23.5 Å². The lowest BCUT2D eigenvalue weighted by Gasteiger charge is -2.30. The van der Waals surface area contributed by atoms with Crippen molar-refractivity contribution in [2.45, 2.75) is 25.2 Å². The van der Waals surface area contributed by atoms with E-state index in [1.807, 2.05) is 49.5 Å². The van der Waals surface area contributed by atoms with E-state index in [1.54, 1.807) is 4.90 Å². The molecule has 8 nitrogen and oxygen atoms in total. The van der Waals surface area contributed by atoms with E-state index in [0.717, 1.165) is 29.0 Å². The van der Waals surface area contributed by atoms with Crippen LogP contribution in [0.1, 0.15) is 24.5 Å². The van der Waals surface area contributed by atoms with Gasteiger partial charge in [-0.1, -0.05) is 31.7 Å². The summed E-state index contributed by atoms with van der Waals surface area (Å²) in [4.78, 5) is 38.0. The molecule has 228 valence electrons. The van der Waals surface area contributed by atoms with Crippen molar-refractivity contribution >= 4 is 53.2 Å². The summed E-state index contributed by atoms with van der Waals surface area (Å²) < 4.78 is 30.6. The number of anilines is 1. The van der Waals surface area contributed by atoms with Gasteiger partial charge >= 0.3 is 0 Å². The van der Waals surface area contributed by atoms with Crippen LogP contribution in [-0.2, 0) is 9.59 Å². The third-order valence-corrected chi connectivity index (χ3v) is 7.82. The number of nitrogens with one attached hydrogen (secondary N) is 1. The van der Waals surface area contributed by atoms with Crippen LogP contribution in [0.4, 0.5) is 20.3 Å². The summed E-state index contributed by atoms with van der Waals surface area (Å²) in [5.74, 6) is -1.89. The van der Waals surface area contributed by atoms with E-state index in [-0.39, 0.29) is 17.3 Å². The molecule has 12 heteroatoms. The van der Waals surface area contributed by atoms with Crippen LogP contribution < -0.4 is 5.32 Å². The number of amidine groups is 1. The number of aliphatic imine (C=N–C) groups is 1. The summed E-state index contributed by atoms with van der Waals surface area (Å²) in [6.45, 7) is 8.66.